The average molecular weight is 201 g/mol. The van der Waals surface area contributed by atoms with E-state index in [9.17, 15) is 9.59 Å². The Morgan fingerprint density at radius 2 is 2.27 bits per heavy atom. The highest BCUT2D eigenvalue weighted by molar-refractivity contribution is 6.26. The fraction of sp³-hybridized carbons (Fsp3) is 0.250. The van der Waals surface area contributed by atoms with E-state index in [1.807, 2.05) is 0 Å². The largest absolute Gasteiger partial charge is 0.294 e. The van der Waals surface area contributed by atoms with Crippen LogP contribution in [0.25, 0.3) is 0 Å². The Bertz CT molecular complexity index is 421. The Morgan fingerprint density at radius 3 is 2.93 bits per heavy atom. The zero-order valence-electron chi connectivity index (χ0n) is 8.27. The molecule has 1 aliphatic rings. The SMILES string of the molecule is O=C1CCCC=C1C(=O)c1cccnc1. The fourth-order valence-corrected chi connectivity index (χ4v) is 1.63. The molecule has 0 spiro atoms. The third-order valence-corrected chi connectivity index (χ3v) is 2.43. The lowest BCUT2D eigenvalue weighted by Gasteiger charge is -2.09. The van der Waals surface area contributed by atoms with Gasteiger partial charge in [-0.15, -0.1) is 0 Å². The zero-order valence-corrected chi connectivity index (χ0v) is 8.27. The maximum atomic E-state index is 11.9. The van der Waals surface area contributed by atoms with Crippen molar-refractivity contribution in [2.45, 2.75) is 19.3 Å². The molecule has 1 heterocycles. The molecular weight excluding hydrogens is 190 g/mol. The molecule has 0 N–H and O–H groups in total. The molecule has 1 aromatic heterocycles. The first-order valence-electron chi connectivity index (χ1n) is 4.97. The molecule has 3 heteroatoms. The number of Topliss-reactive ketones (excluding diaryl/α,β-unsaturated/α-hetero) is 2. The van der Waals surface area contributed by atoms with Crippen molar-refractivity contribution in [1.82, 2.24) is 4.98 Å². The highest BCUT2D eigenvalue weighted by Gasteiger charge is 2.21. The third-order valence-electron chi connectivity index (χ3n) is 2.43. The number of ketones is 2. The third kappa shape index (κ3) is 2.01. The molecule has 1 aliphatic carbocycles. The van der Waals surface area contributed by atoms with E-state index in [1.165, 1.54) is 6.20 Å². The van der Waals surface area contributed by atoms with Crippen molar-refractivity contribution < 1.29 is 9.59 Å². The number of allylic oxidation sites excluding steroid dienone is 2. The summed E-state index contributed by atoms with van der Waals surface area (Å²) in [5, 5.41) is 0. The lowest BCUT2D eigenvalue weighted by Crippen LogP contribution is -2.16. The van der Waals surface area contributed by atoms with E-state index < -0.39 is 0 Å². The van der Waals surface area contributed by atoms with Crippen molar-refractivity contribution in [3.05, 3.63) is 41.7 Å². The molecule has 76 valence electrons. The molecule has 0 amide bonds. The highest BCUT2D eigenvalue weighted by Crippen LogP contribution is 2.17. The summed E-state index contributed by atoms with van der Waals surface area (Å²) >= 11 is 0. The molecular formula is C12H11NO2. The van der Waals surface area contributed by atoms with Crippen LogP contribution in [0.15, 0.2) is 36.2 Å². The minimum Gasteiger partial charge on any atom is -0.294 e. The molecule has 2 rings (SSSR count). The molecule has 0 aliphatic heterocycles. The van der Waals surface area contributed by atoms with E-state index in [4.69, 9.17) is 0 Å². The minimum atomic E-state index is -0.201. The Balaban J connectivity index is 2.29. The summed E-state index contributed by atoms with van der Waals surface area (Å²) in [6, 6.07) is 3.37. The van der Waals surface area contributed by atoms with Crippen molar-refractivity contribution in [3.8, 4) is 0 Å². The maximum absolute atomic E-state index is 11.9. The molecule has 1 aromatic rings. The van der Waals surface area contributed by atoms with E-state index in [0.29, 0.717) is 17.6 Å². The predicted molar refractivity (Wildman–Crippen MR) is 55.5 cm³/mol. The van der Waals surface area contributed by atoms with Crippen molar-refractivity contribution in [2.24, 2.45) is 0 Å². The van der Waals surface area contributed by atoms with Gasteiger partial charge in [-0.1, -0.05) is 6.08 Å². The smallest absolute Gasteiger partial charge is 0.197 e. The fourth-order valence-electron chi connectivity index (χ4n) is 1.63. The molecule has 0 unspecified atom stereocenters. The first-order chi connectivity index (χ1) is 7.29. The van der Waals surface area contributed by atoms with Gasteiger partial charge in [0.05, 0.1) is 5.57 Å². The van der Waals surface area contributed by atoms with Crippen LogP contribution in [0.5, 0.6) is 0 Å². The van der Waals surface area contributed by atoms with Crippen molar-refractivity contribution in [3.63, 3.8) is 0 Å². The first kappa shape index (κ1) is 9.77. The maximum Gasteiger partial charge on any atom is 0.197 e. The van der Waals surface area contributed by atoms with Gasteiger partial charge in [0, 0.05) is 24.4 Å². The molecule has 0 fully saturated rings. The summed E-state index contributed by atoms with van der Waals surface area (Å²) in [6.07, 6.45) is 6.98. The van der Waals surface area contributed by atoms with Crippen LogP contribution in [0.3, 0.4) is 0 Å². The molecule has 0 atom stereocenters. The van der Waals surface area contributed by atoms with Crippen molar-refractivity contribution >= 4 is 11.6 Å². The number of carbonyl (C=O) groups is 2. The van der Waals surface area contributed by atoms with Gasteiger partial charge in [-0.3, -0.25) is 14.6 Å². The summed E-state index contributed by atoms with van der Waals surface area (Å²) in [4.78, 5) is 27.2. The Morgan fingerprint density at radius 1 is 1.40 bits per heavy atom. The summed E-state index contributed by atoms with van der Waals surface area (Å²) in [6.45, 7) is 0. The van der Waals surface area contributed by atoms with Crippen molar-refractivity contribution in [2.75, 3.05) is 0 Å². The van der Waals surface area contributed by atoms with E-state index in [-0.39, 0.29) is 11.6 Å². The molecule has 15 heavy (non-hydrogen) atoms. The second kappa shape index (κ2) is 4.17. The van der Waals surface area contributed by atoms with Gasteiger partial charge in [0.15, 0.2) is 11.6 Å². The highest BCUT2D eigenvalue weighted by atomic mass is 16.1. The van der Waals surface area contributed by atoms with Gasteiger partial charge >= 0.3 is 0 Å². The summed E-state index contributed by atoms with van der Waals surface area (Å²) < 4.78 is 0. The second-order valence-electron chi connectivity index (χ2n) is 3.50. The second-order valence-corrected chi connectivity index (χ2v) is 3.50. The number of hydrogen-bond donors (Lipinski definition) is 0. The van der Waals surface area contributed by atoms with Crippen LogP contribution < -0.4 is 0 Å². The van der Waals surface area contributed by atoms with Crippen LogP contribution in [-0.2, 0) is 4.79 Å². The minimum absolute atomic E-state index is 0.0462. The van der Waals surface area contributed by atoms with Gasteiger partial charge in [-0.05, 0) is 25.0 Å². The molecule has 3 nitrogen and oxygen atoms in total. The molecule has 0 radical (unpaired) electrons. The predicted octanol–water partition coefficient (Wildman–Crippen LogP) is 1.94. The number of aromatic nitrogens is 1. The first-order valence-corrected chi connectivity index (χ1v) is 4.97. The number of pyridine rings is 1. The summed E-state index contributed by atoms with van der Waals surface area (Å²) in [5.41, 5.74) is 0.813. The van der Waals surface area contributed by atoms with Crippen LogP contribution >= 0.6 is 0 Å². The molecule has 0 saturated heterocycles. The molecule has 0 saturated carbocycles. The van der Waals surface area contributed by atoms with Crippen LogP contribution in [0.1, 0.15) is 29.6 Å². The van der Waals surface area contributed by atoms with Gasteiger partial charge in [0.2, 0.25) is 0 Å². The average Bonchev–Trinajstić information content (AvgIpc) is 2.30. The van der Waals surface area contributed by atoms with Gasteiger partial charge in [0.25, 0.3) is 0 Å². The van der Waals surface area contributed by atoms with E-state index in [0.717, 1.165) is 12.8 Å². The number of nitrogens with zero attached hydrogens (tertiary/aromatic N) is 1. The zero-order chi connectivity index (χ0) is 10.7. The standard InChI is InChI=1S/C12H11NO2/c14-11-6-2-1-5-10(11)12(15)9-4-3-7-13-8-9/h3-5,7-8H,1-2,6H2. The van der Waals surface area contributed by atoms with E-state index >= 15 is 0 Å². The van der Waals surface area contributed by atoms with E-state index in [2.05, 4.69) is 4.98 Å². The summed E-state index contributed by atoms with van der Waals surface area (Å²) in [5.74, 6) is -0.247. The van der Waals surface area contributed by atoms with Gasteiger partial charge in [-0.25, -0.2) is 0 Å². The normalized spacial score (nSPS) is 16.0. The van der Waals surface area contributed by atoms with Crippen LogP contribution in [0.4, 0.5) is 0 Å². The number of rotatable bonds is 2. The van der Waals surface area contributed by atoms with E-state index in [1.54, 1.807) is 24.4 Å². The van der Waals surface area contributed by atoms with Gasteiger partial charge in [0.1, 0.15) is 0 Å². The van der Waals surface area contributed by atoms with Gasteiger partial charge < -0.3 is 0 Å². The molecule has 0 bridgehead atoms. The monoisotopic (exact) mass is 201 g/mol. The lowest BCUT2D eigenvalue weighted by molar-refractivity contribution is -0.115. The van der Waals surface area contributed by atoms with Crippen LogP contribution in [0.2, 0.25) is 0 Å². The summed E-state index contributed by atoms with van der Waals surface area (Å²) in [7, 11) is 0. The quantitative estimate of drug-likeness (QED) is 0.542. The van der Waals surface area contributed by atoms with Gasteiger partial charge in [-0.2, -0.15) is 0 Å². The Kier molecular flexibility index (Phi) is 2.72. The Hall–Kier alpha value is -1.77. The number of hydrogen-bond acceptors (Lipinski definition) is 3. The van der Waals surface area contributed by atoms with Crippen LogP contribution in [0, 0.1) is 0 Å². The number of carbonyl (C=O) groups excluding carboxylic acids is 2. The topological polar surface area (TPSA) is 47.0 Å². The Labute approximate surface area is 87.8 Å². The molecule has 0 aromatic carbocycles. The van der Waals surface area contributed by atoms with Crippen LogP contribution in [-0.4, -0.2) is 16.6 Å². The van der Waals surface area contributed by atoms with Crippen molar-refractivity contribution in [1.29, 1.82) is 0 Å². The lowest BCUT2D eigenvalue weighted by atomic mass is 9.92.